The van der Waals surface area contributed by atoms with E-state index in [0.717, 1.165) is 42.6 Å². The number of hydrogen-bond acceptors (Lipinski definition) is 4. The second kappa shape index (κ2) is 11.9. The number of nitrogens with one attached hydrogen (secondary N) is 1. The van der Waals surface area contributed by atoms with Crippen LogP contribution in [0.2, 0.25) is 0 Å². The molecule has 5 nitrogen and oxygen atoms in total. The van der Waals surface area contributed by atoms with Crippen molar-refractivity contribution in [3.8, 4) is 11.5 Å². The molecule has 0 radical (unpaired) electrons. The highest BCUT2D eigenvalue weighted by atomic mass is 16.5. The van der Waals surface area contributed by atoms with E-state index in [1.807, 2.05) is 37.3 Å². The van der Waals surface area contributed by atoms with Gasteiger partial charge in [-0.05, 0) is 86.7 Å². The lowest BCUT2D eigenvalue weighted by atomic mass is 9.90. The Labute approximate surface area is 209 Å². The SMILES string of the molecule is COc1ccc(OC)c([C@@H](C)NC(=O)c2ccc(CN3CCC(Cc4ccccc4)CC3)cc2)c1. The van der Waals surface area contributed by atoms with Gasteiger partial charge in [0, 0.05) is 17.7 Å². The van der Waals surface area contributed by atoms with Gasteiger partial charge < -0.3 is 14.8 Å². The Balaban J connectivity index is 1.28. The summed E-state index contributed by atoms with van der Waals surface area (Å²) in [7, 11) is 3.26. The van der Waals surface area contributed by atoms with Crippen LogP contribution in [0.5, 0.6) is 11.5 Å². The summed E-state index contributed by atoms with van der Waals surface area (Å²) in [5, 5.41) is 3.08. The number of benzene rings is 3. The van der Waals surface area contributed by atoms with Crippen LogP contribution in [-0.4, -0.2) is 38.1 Å². The molecule has 3 aromatic rings. The molecular formula is C30H36N2O3. The lowest BCUT2D eigenvalue weighted by molar-refractivity contribution is 0.0939. The predicted octanol–water partition coefficient (Wildman–Crippen LogP) is 5.65. The molecule has 3 aromatic carbocycles. The molecule has 1 atom stereocenters. The molecule has 1 fully saturated rings. The molecule has 5 heteroatoms. The van der Waals surface area contributed by atoms with Crippen LogP contribution in [0.25, 0.3) is 0 Å². The summed E-state index contributed by atoms with van der Waals surface area (Å²) in [6.07, 6.45) is 3.65. The summed E-state index contributed by atoms with van der Waals surface area (Å²) in [4.78, 5) is 15.4. The van der Waals surface area contributed by atoms with Gasteiger partial charge in [-0.2, -0.15) is 0 Å². The zero-order chi connectivity index (χ0) is 24.6. The Kier molecular flexibility index (Phi) is 8.43. The third-order valence-electron chi connectivity index (χ3n) is 6.95. The van der Waals surface area contributed by atoms with Crippen molar-refractivity contribution in [1.82, 2.24) is 10.2 Å². The Morgan fingerprint density at radius 2 is 1.66 bits per heavy atom. The number of hydrogen-bond donors (Lipinski definition) is 1. The molecule has 35 heavy (non-hydrogen) atoms. The fourth-order valence-electron chi connectivity index (χ4n) is 4.85. The van der Waals surface area contributed by atoms with E-state index in [9.17, 15) is 4.79 Å². The average Bonchev–Trinajstić information content (AvgIpc) is 2.90. The molecule has 1 N–H and O–H groups in total. The zero-order valence-corrected chi connectivity index (χ0v) is 21.0. The molecule has 1 heterocycles. The molecule has 184 valence electrons. The zero-order valence-electron chi connectivity index (χ0n) is 21.0. The largest absolute Gasteiger partial charge is 0.497 e. The quantitative estimate of drug-likeness (QED) is 0.437. The third-order valence-corrected chi connectivity index (χ3v) is 6.95. The Bertz CT molecular complexity index is 1090. The van der Waals surface area contributed by atoms with Crippen LogP contribution in [0.15, 0.2) is 72.8 Å². The second-order valence-electron chi connectivity index (χ2n) is 9.41. The van der Waals surface area contributed by atoms with Crippen LogP contribution in [-0.2, 0) is 13.0 Å². The van der Waals surface area contributed by atoms with Gasteiger partial charge >= 0.3 is 0 Å². The van der Waals surface area contributed by atoms with E-state index in [2.05, 4.69) is 52.7 Å². The molecule has 0 saturated carbocycles. The number of carbonyl (C=O) groups is 1. The maximum Gasteiger partial charge on any atom is 0.251 e. The number of methoxy groups -OCH3 is 2. The minimum atomic E-state index is -0.218. The van der Waals surface area contributed by atoms with E-state index < -0.39 is 0 Å². The summed E-state index contributed by atoms with van der Waals surface area (Å²) < 4.78 is 10.8. The highest BCUT2D eigenvalue weighted by Crippen LogP contribution is 2.29. The van der Waals surface area contributed by atoms with Gasteiger partial charge in [0.15, 0.2) is 0 Å². The highest BCUT2D eigenvalue weighted by molar-refractivity contribution is 5.94. The fourth-order valence-corrected chi connectivity index (χ4v) is 4.85. The minimum absolute atomic E-state index is 0.101. The van der Waals surface area contributed by atoms with Crippen LogP contribution < -0.4 is 14.8 Å². The number of nitrogens with zero attached hydrogens (tertiary/aromatic N) is 1. The van der Waals surface area contributed by atoms with Gasteiger partial charge in [-0.1, -0.05) is 42.5 Å². The second-order valence-corrected chi connectivity index (χ2v) is 9.41. The number of carbonyl (C=O) groups excluding carboxylic acids is 1. The molecule has 1 saturated heterocycles. The van der Waals surface area contributed by atoms with Gasteiger partial charge in [-0.15, -0.1) is 0 Å². The van der Waals surface area contributed by atoms with Gasteiger partial charge in [0.2, 0.25) is 0 Å². The molecule has 0 aliphatic carbocycles. The lowest BCUT2D eigenvalue weighted by Gasteiger charge is -2.32. The molecule has 0 spiro atoms. The maximum absolute atomic E-state index is 12.9. The van der Waals surface area contributed by atoms with E-state index in [1.54, 1.807) is 14.2 Å². The van der Waals surface area contributed by atoms with Crippen molar-refractivity contribution in [2.75, 3.05) is 27.3 Å². The molecule has 1 amide bonds. The first-order valence-corrected chi connectivity index (χ1v) is 12.4. The Morgan fingerprint density at radius 3 is 2.31 bits per heavy atom. The molecule has 0 aromatic heterocycles. The van der Waals surface area contributed by atoms with Gasteiger partial charge in [-0.3, -0.25) is 9.69 Å². The van der Waals surface area contributed by atoms with Crippen LogP contribution in [0.4, 0.5) is 0 Å². The van der Waals surface area contributed by atoms with Gasteiger partial charge in [-0.25, -0.2) is 0 Å². The minimum Gasteiger partial charge on any atom is -0.497 e. The summed E-state index contributed by atoms with van der Waals surface area (Å²) in [6.45, 7) is 5.13. The first-order valence-electron chi connectivity index (χ1n) is 12.4. The normalized spacial score (nSPS) is 15.4. The van der Waals surface area contributed by atoms with Crippen molar-refractivity contribution < 1.29 is 14.3 Å². The number of rotatable bonds is 9. The topological polar surface area (TPSA) is 50.8 Å². The average molecular weight is 473 g/mol. The van der Waals surface area contributed by atoms with Crippen molar-refractivity contribution in [3.05, 3.63) is 95.1 Å². The summed E-state index contributed by atoms with van der Waals surface area (Å²) >= 11 is 0. The van der Waals surface area contributed by atoms with Gasteiger partial charge in [0.05, 0.1) is 20.3 Å². The van der Waals surface area contributed by atoms with Crippen LogP contribution in [0.3, 0.4) is 0 Å². The van der Waals surface area contributed by atoms with Crippen LogP contribution >= 0.6 is 0 Å². The monoisotopic (exact) mass is 472 g/mol. The third kappa shape index (κ3) is 6.64. The van der Waals surface area contributed by atoms with Gasteiger partial charge in [0.25, 0.3) is 5.91 Å². The Hall–Kier alpha value is -3.31. The van der Waals surface area contributed by atoms with Crippen molar-refractivity contribution in [2.24, 2.45) is 5.92 Å². The predicted molar refractivity (Wildman–Crippen MR) is 140 cm³/mol. The number of ether oxygens (including phenoxy) is 2. The number of likely N-dealkylation sites (tertiary alicyclic amines) is 1. The lowest BCUT2D eigenvalue weighted by Crippen LogP contribution is -2.33. The van der Waals surface area contributed by atoms with Crippen molar-refractivity contribution in [2.45, 2.75) is 38.8 Å². The van der Waals surface area contributed by atoms with Crippen molar-refractivity contribution in [3.63, 3.8) is 0 Å². The molecule has 4 rings (SSSR count). The van der Waals surface area contributed by atoms with Crippen molar-refractivity contribution >= 4 is 5.91 Å². The first-order chi connectivity index (χ1) is 17.1. The standard InChI is InChI=1S/C30H36N2O3/c1-22(28-20-27(34-2)13-14-29(28)35-3)31-30(33)26-11-9-25(10-12-26)21-32-17-15-24(16-18-32)19-23-7-5-4-6-8-23/h4-14,20,22,24H,15-19,21H2,1-3H3,(H,31,33)/t22-/m1/s1. The molecule has 0 unspecified atom stereocenters. The van der Waals surface area contributed by atoms with E-state index in [-0.39, 0.29) is 11.9 Å². The fraction of sp³-hybridized carbons (Fsp3) is 0.367. The van der Waals surface area contributed by atoms with E-state index >= 15 is 0 Å². The Morgan fingerprint density at radius 1 is 0.943 bits per heavy atom. The number of piperidine rings is 1. The van der Waals surface area contributed by atoms with Gasteiger partial charge in [0.1, 0.15) is 11.5 Å². The highest BCUT2D eigenvalue weighted by Gasteiger charge is 2.20. The summed E-state index contributed by atoms with van der Waals surface area (Å²) in [5.74, 6) is 2.12. The van der Waals surface area contributed by atoms with Crippen LogP contribution in [0, 0.1) is 5.92 Å². The van der Waals surface area contributed by atoms with E-state index in [0.29, 0.717) is 5.56 Å². The molecule has 1 aliphatic heterocycles. The summed E-state index contributed by atoms with van der Waals surface area (Å²) in [6, 6.07) is 24.2. The van der Waals surface area contributed by atoms with Crippen LogP contribution in [0.1, 0.15) is 52.9 Å². The number of amides is 1. The smallest absolute Gasteiger partial charge is 0.251 e. The summed E-state index contributed by atoms with van der Waals surface area (Å²) in [5.41, 5.74) is 4.22. The van der Waals surface area contributed by atoms with Crippen molar-refractivity contribution in [1.29, 1.82) is 0 Å². The first kappa shape index (κ1) is 24.8. The molecule has 1 aliphatic rings. The van der Waals surface area contributed by atoms with E-state index in [4.69, 9.17) is 9.47 Å². The van der Waals surface area contributed by atoms with E-state index in [1.165, 1.54) is 30.4 Å². The molecule has 0 bridgehead atoms. The molecular weight excluding hydrogens is 436 g/mol. The maximum atomic E-state index is 12.9.